The van der Waals surface area contributed by atoms with Gasteiger partial charge < -0.3 is 4.74 Å². The summed E-state index contributed by atoms with van der Waals surface area (Å²) < 4.78 is 81.3. The van der Waals surface area contributed by atoms with Crippen LogP contribution in [0.15, 0.2) is 24.4 Å². The van der Waals surface area contributed by atoms with E-state index in [0.29, 0.717) is 29.5 Å². The molecule has 1 radical (unpaired) electrons. The van der Waals surface area contributed by atoms with Crippen LogP contribution in [0.3, 0.4) is 0 Å². The number of nitrogens with zero attached hydrogens (tertiary/aromatic N) is 1. The topological polar surface area (TPSA) is 22.1 Å². The minimum Gasteiger partial charge on any atom is -0.430 e. The van der Waals surface area contributed by atoms with Crippen molar-refractivity contribution in [1.82, 2.24) is 4.98 Å². The van der Waals surface area contributed by atoms with Crippen molar-refractivity contribution < 1.29 is 31.1 Å². The lowest BCUT2D eigenvalue weighted by atomic mass is 10.1. The maximum absolute atomic E-state index is 12.8. The Morgan fingerprint density at radius 2 is 1.55 bits per heavy atom. The Balaban J connectivity index is 2.59. The number of thiazole rings is 1. The van der Waals surface area contributed by atoms with E-state index in [1.807, 2.05) is 0 Å². The summed E-state index contributed by atoms with van der Waals surface area (Å²) in [5.74, 6) is -1.31. The molecule has 0 bridgehead atoms. The molecule has 0 unspecified atom stereocenters. The van der Waals surface area contributed by atoms with Crippen molar-refractivity contribution >= 4 is 11.3 Å². The van der Waals surface area contributed by atoms with Crippen molar-refractivity contribution in [3.63, 3.8) is 0 Å². The summed E-state index contributed by atoms with van der Waals surface area (Å²) >= 11 is 0.663. The van der Waals surface area contributed by atoms with Gasteiger partial charge in [-0.15, -0.1) is 0 Å². The van der Waals surface area contributed by atoms with Crippen LogP contribution in [-0.4, -0.2) is 4.98 Å². The first-order chi connectivity index (χ1) is 9.19. The van der Waals surface area contributed by atoms with Crippen molar-refractivity contribution in [2.24, 2.45) is 0 Å². The second-order valence-electron chi connectivity index (χ2n) is 3.52. The van der Waals surface area contributed by atoms with E-state index >= 15 is 0 Å². The van der Waals surface area contributed by atoms with E-state index in [4.69, 9.17) is 0 Å². The molecule has 9 heteroatoms. The fourth-order valence-electron chi connectivity index (χ4n) is 1.41. The predicted molar refractivity (Wildman–Crippen MR) is 57.5 cm³/mol. The van der Waals surface area contributed by atoms with Crippen LogP contribution in [0, 0.1) is 5.38 Å². The molecule has 0 spiro atoms. The number of ether oxygens (including phenoxy) is 1. The summed E-state index contributed by atoms with van der Waals surface area (Å²) in [6.07, 6.45) is -8.86. The van der Waals surface area contributed by atoms with Crippen LogP contribution in [0.1, 0.15) is 11.1 Å². The molecule has 0 fully saturated rings. The molecule has 0 saturated carbocycles. The lowest BCUT2D eigenvalue weighted by Gasteiger charge is -2.17. The number of benzene rings is 1. The van der Waals surface area contributed by atoms with Gasteiger partial charge in [-0.05, 0) is 12.1 Å². The van der Waals surface area contributed by atoms with Crippen LogP contribution < -0.4 is 4.74 Å². The van der Waals surface area contributed by atoms with Gasteiger partial charge in [-0.25, -0.2) is 4.98 Å². The van der Waals surface area contributed by atoms with Gasteiger partial charge in [-0.3, -0.25) is 0 Å². The largest absolute Gasteiger partial charge is 0.430 e. The van der Waals surface area contributed by atoms with Gasteiger partial charge in [-0.1, -0.05) is 17.4 Å². The highest BCUT2D eigenvalue weighted by molar-refractivity contribution is 7.10. The molecular formula is C11H4F6NOS. The Morgan fingerprint density at radius 3 is 1.95 bits per heavy atom. The number of aromatic nitrogens is 1. The quantitative estimate of drug-likeness (QED) is 0.745. The summed E-state index contributed by atoms with van der Waals surface area (Å²) in [6, 6.07) is 1.70. The summed E-state index contributed by atoms with van der Waals surface area (Å²) in [7, 11) is 0. The minimum absolute atomic E-state index is 0.354. The Hall–Kier alpha value is -1.77. The molecule has 0 amide bonds. The van der Waals surface area contributed by atoms with Gasteiger partial charge in [0.1, 0.15) is 0 Å². The molecule has 20 heavy (non-hydrogen) atoms. The van der Waals surface area contributed by atoms with Crippen LogP contribution in [0.5, 0.6) is 10.9 Å². The fourth-order valence-corrected chi connectivity index (χ4v) is 1.85. The van der Waals surface area contributed by atoms with E-state index in [1.165, 1.54) is 0 Å². The van der Waals surface area contributed by atoms with Crippen molar-refractivity contribution in [3.8, 4) is 10.9 Å². The number of hydrogen-bond donors (Lipinski definition) is 0. The Kier molecular flexibility index (Phi) is 3.63. The minimum atomic E-state index is -4.97. The number of rotatable bonds is 2. The summed E-state index contributed by atoms with van der Waals surface area (Å²) in [6.45, 7) is 0. The Bertz CT molecular complexity index is 558. The molecule has 2 rings (SSSR count). The van der Waals surface area contributed by atoms with Crippen molar-refractivity contribution in [3.05, 3.63) is 40.9 Å². The summed E-state index contributed by atoms with van der Waals surface area (Å²) in [5, 5.41) is 2.06. The standard InChI is InChI=1S/C11H4F6NOS/c12-10(13,14)6-2-1-3-7(11(15,16)17)8(6)19-9-18-4-5-20-9/h1-4H. The molecule has 2 nitrogen and oxygen atoms in total. The average molecular weight is 312 g/mol. The zero-order chi connectivity index (χ0) is 15.0. The van der Waals surface area contributed by atoms with E-state index in [-0.39, 0.29) is 5.19 Å². The third-order valence-electron chi connectivity index (χ3n) is 2.18. The number of hydrogen-bond acceptors (Lipinski definition) is 3. The molecule has 0 aliphatic rings. The highest BCUT2D eigenvalue weighted by Crippen LogP contribution is 2.45. The SMILES string of the molecule is FC(F)(F)c1cccc(C(F)(F)F)c1Oc1nc[c]s1. The molecule has 107 valence electrons. The normalized spacial score (nSPS) is 12.5. The van der Waals surface area contributed by atoms with Gasteiger partial charge in [-0.2, -0.15) is 26.3 Å². The highest BCUT2D eigenvalue weighted by atomic mass is 32.1. The number of para-hydroxylation sites is 1. The van der Waals surface area contributed by atoms with Crippen molar-refractivity contribution in [2.45, 2.75) is 12.4 Å². The van der Waals surface area contributed by atoms with Gasteiger partial charge in [0, 0.05) is 0 Å². The molecule has 0 aliphatic carbocycles. The van der Waals surface area contributed by atoms with E-state index in [0.717, 1.165) is 6.20 Å². The Labute approximate surface area is 112 Å². The number of alkyl halides is 6. The second-order valence-corrected chi connectivity index (χ2v) is 4.31. The lowest BCUT2D eigenvalue weighted by molar-refractivity contribution is -0.144. The van der Waals surface area contributed by atoms with Crippen LogP contribution in [-0.2, 0) is 12.4 Å². The molecule has 0 aliphatic heterocycles. The van der Waals surface area contributed by atoms with Gasteiger partial charge in [0.25, 0.3) is 5.19 Å². The van der Waals surface area contributed by atoms with E-state index in [1.54, 1.807) is 0 Å². The van der Waals surface area contributed by atoms with Gasteiger partial charge in [0.05, 0.1) is 22.7 Å². The third kappa shape index (κ3) is 3.03. The van der Waals surface area contributed by atoms with Gasteiger partial charge in [0.15, 0.2) is 5.75 Å². The molecule has 1 aromatic heterocycles. The third-order valence-corrected chi connectivity index (χ3v) is 2.77. The first-order valence-electron chi connectivity index (χ1n) is 4.96. The van der Waals surface area contributed by atoms with Crippen LogP contribution in [0.25, 0.3) is 0 Å². The average Bonchev–Trinajstić information content (AvgIpc) is 2.79. The van der Waals surface area contributed by atoms with Crippen molar-refractivity contribution in [2.75, 3.05) is 0 Å². The monoisotopic (exact) mass is 312 g/mol. The molecule has 2 aromatic rings. The first-order valence-corrected chi connectivity index (χ1v) is 5.78. The first kappa shape index (κ1) is 14.6. The molecular weight excluding hydrogens is 308 g/mol. The highest BCUT2D eigenvalue weighted by Gasteiger charge is 2.42. The van der Waals surface area contributed by atoms with Crippen molar-refractivity contribution in [1.29, 1.82) is 0 Å². The zero-order valence-electron chi connectivity index (χ0n) is 9.34. The van der Waals surface area contributed by atoms with Gasteiger partial charge >= 0.3 is 12.4 Å². The van der Waals surface area contributed by atoms with Gasteiger partial charge in [0.2, 0.25) is 0 Å². The molecule has 0 N–H and O–H groups in total. The maximum atomic E-state index is 12.8. The van der Waals surface area contributed by atoms with E-state index < -0.39 is 29.2 Å². The zero-order valence-corrected chi connectivity index (χ0v) is 10.2. The summed E-state index contributed by atoms with van der Waals surface area (Å²) in [5.41, 5.74) is -3.02. The van der Waals surface area contributed by atoms with E-state index in [2.05, 4.69) is 15.1 Å². The second kappa shape index (κ2) is 4.97. The smallest absolute Gasteiger partial charge is 0.420 e. The summed E-state index contributed by atoms with van der Waals surface area (Å²) in [4.78, 5) is 3.46. The number of halogens is 6. The molecule has 1 heterocycles. The van der Waals surface area contributed by atoms with E-state index in [9.17, 15) is 26.3 Å². The predicted octanol–water partition coefficient (Wildman–Crippen LogP) is 4.77. The van der Waals surface area contributed by atoms with Crippen LogP contribution >= 0.6 is 11.3 Å². The fraction of sp³-hybridized carbons (Fsp3) is 0.182. The molecule has 0 saturated heterocycles. The molecule has 1 aromatic carbocycles. The van der Waals surface area contributed by atoms with Crippen LogP contribution in [0.4, 0.5) is 26.3 Å². The maximum Gasteiger partial charge on any atom is 0.420 e. The molecule has 0 atom stereocenters. The van der Waals surface area contributed by atoms with Crippen LogP contribution in [0.2, 0.25) is 0 Å². The Morgan fingerprint density at radius 1 is 1.00 bits per heavy atom. The lowest BCUT2D eigenvalue weighted by Crippen LogP contribution is -2.13.